The molecule has 0 bridgehead atoms. The number of carbonyl (C=O) groups excluding carboxylic acids is 2. The molecule has 70 valence electrons. The number of imide groups is 1. The van der Waals surface area contributed by atoms with Crippen LogP contribution in [-0.2, 0) is 9.59 Å². The Kier molecular flexibility index (Phi) is 1.81. The number of anilines is 1. The standard InChI is InChI=1S/C10H8N2O2/c11-7-3-1-2-6(4-7)8-5-9(13)12-10(8)14/h1-5H,11H2,(H,12,13,14). The van der Waals surface area contributed by atoms with Crippen molar-refractivity contribution in [3.8, 4) is 0 Å². The van der Waals surface area contributed by atoms with E-state index < -0.39 is 0 Å². The second kappa shape index (κ2) is 2.99. The molecule has 0 atom stereocenters. The highest BCUT2D eigenvalue weighted by molar-refractivity contribution is 6.33. The summed E-state index contributed by atoms with van der Waals surface area (Å²) in [4.78, 5) is 22.1. The lowest BCUT2D eigenvalue weighted by Crippen LogP contribution is -2.21. The smallest absolute Gasteiger partial charge is 0.258 e. The summed E-state index contributed by atoms with van der Waals surface area (Å²) in [5.41, 5.74) is 7.15. The second-order valence-corrected chi connectivity index (χ2v) is 3.00. The number of hydrogen-bond donors (Lipinski definition) is 2. The van der Waals surface area contributed by atoms with Crippen LogP contribution >= 0.6 is 0 Å². The summed E-state index contributed by atoms with van der Waals surface area (Å²) >= 11 is 0. The summed E-state index contributed by atoms with van der Waals surface area (Å²) in [7, 11) is 0. The van der Waals surface area contributed by atoms with Gasteiger partial charge in [0.2, 0.25) is 0 Å². The predicted octanol–water partition coefficient (Wildman–Crippen LogP) is 0.309. The van der Waals surface area contributed by atoms with Gasteiger partial charge in [0.25, 0.3) is 11.8 Å². The van der Waals surface area contributed by atoms with Crippen LogP contribution in [0.1, 0.15) is 5.56 Å². The third-order valence-corrected chi connectivity index (χ3v) is 1.95. The molecule has 0 unspecified atom stereocenters. The quantitative estimate of drug-likeness (QED) is 0.492. The third kappa shape index (κ3) is 1.37. The summed E-state index contributed by atoms with van der Waals surface area (Å²) < 4.78 is 0. The van der Waals surface area contributed by atoms with Crippen LogP contribution in [0.5, 0.6) is 0 Å². The van der Waals surface area contributed by atoms with Crippen LogP contribution in [0.3, 0.4) is 0 Å². The van der Waals surface area contributed by atoms with Crippen molar-refractivity contribution >= 4 is 23.1 Å². The van der Waals surface area contributed by atoms with Crippen molar-refractivity contribution in [1.29, 1.82) is 0 Å². The van der Waals surface area contributed by atoms with Crippen molar-refractivity contribution in [2.45, 2.75) is 0 Å². The molecular weight excluding hydrogens is 180 g/mol. The summed E-state index contributed by atoms with van der Waals surface area (Å²) in [6, 6.07) is 6.85. The van der Waals surface area contributed by atoms with Crippen LogP contribution in [0.4, 0.5) is 5.69 Å². The van der Waals surface area contributed by atoms with E-state index in [-0.39, 0.29) is 11.8 Å². The lowest BCUT2D eigenvalue weighted by atomic mass is 10.1. The molecule has 2 rings (SSSR count). The van der Waals surface area contributed by atoms with Crippen LogP contribution in [0, 0.1) is 0 Å². The van der Waals surface area contributed by atoms with E-state index in [0.29, 0.717) is 16.8 Å². The van der Waals surface area contributed by atoms with E-state index >= 15 is 0 Å². The molecule has 14 heavy (non-hydrogen) atoms. The molecule has 0 aliphatic carbocycles. The van der Waals surface area contributed by atoms with Crippen LogP contribution in [-0.4, -0.2) is 11.8 Å². The highest BCUT2D eigenvalue weighted by Gasteiger charge is 2.21. The van der Waals surface area contributed by atoms with E-state index in [1.807, 2.05) is 0 Å². The Morgan fingerprint density at radius 3 is 2.57 bits per heavy atom. The van der Waals surface area contributed by atoms with Crippen molar-refractivity contribution in [3.05, 3.63) is 35.9 Å². The molecule has 1 aliphatic heterocycles. The molecule has 2 amide bonds. The fraction of sp³-hybridized carbons (Fsp3) is 0. The van der Waals surface area contributed by atoms with Gasteiger partial charge in [0, 0.05) is 11.8 Å². The Balaban J connectivity index is 2.45. The molecule has 1 aromatic rings. The number of benzene rings is 1. The van der Waals surface area contributed by atoms with Crippen molar-refractivity contribution in [2.24, 2.45) is 0 Å². The number of carbonyl (C=O) groups is 2. The average Bonchev–Trinajstić information content (AvgIpc) is 2.45. The van der Waals surface area contributed by atoms with Gasteiger partial charge in [-0.3, -0.25) is 14.9 Å². The number of hydrogen-bond acceptors (Lipinski definition) is 3. The number of nitrogens with two attached hydrogens (primary N) is 1. The van der Waals surface area contributed by atoms with Gasteiger partial charge in [-0.15, -0.1) is 0 Å². The van der Waals surface area contributed by atoms with Crippen LogP contribution in [0.25, 0.3) is 5.57 Å². The first-order valence-corrected chi connectivity index (χ1v) is 4.10. The Labute approximate surface area is 80.4 Å². The third-order valence-electron chi connectivity index (χ3n) is 1.95. The SMILES string of the molecule is Nc1cccc(C2=CC(=O)NC2=O)c1. The first-order valence-electron chi connectivity index (χ1n) is 4.10. The zero-order chi connectivity index (χ0) is 10.1. The monoisotopic (exact) mass is 188 g/mol. The van der Waals surface area contributed by atoms with E-state index in [9.17, 15) is 9.59 Å². The van der Waals surface area contributed by atoms with Gasteiger partial charge in [0.1, 0.15) is 0 Å². The van der Waals surface area contributed by atoms with Gasteiger partial charge < -0.3 is 5.73 Å². The Hall–Kier alpha value is -2.10. The number of nitrogens with one attached hydrogen (secondary N) is 1. The fourth-order valence-electron chi connectivity index (χ4n) is 1.33. The maximum atomic E-state index is 11.3. The lowest BCUT2D eigenvalue weighted by Gasteiger charge is -2.00. The number of nitrogen functional groups attached to an aromatic ring is 1. The van der Waals surface area contributed by atoms with Crippen LogP contribution < -0.4 is 11.1 Å². The molecule has 0 saturated carbocycles. The first-order chi connectivity index (χ1) is 6.66. The molecule has 0 radical (unpaired) electrons. The van der Waals surface area contributed by atoms with Gasteiger partial charge >= 0.3 is 0 Å². The second-order valence-electron chi connectivity index (χ2n) is 3.00. The van der Waals surface area contributed by atoms with E-state index in [1.54, 1.807) is 24.3 Å². The minimum absolute atomic E-state index is 0.363. The molecule has 1 heterocycles. The zero-order valence-corrected chi connectivity index (χ0v) is 7.28. The van der Waals surface area contributed by atoms with Gasteiger partial charge in [0.05, 0.1) is 5.57 Å². The molecule has 0 saturated heterocycles. The Morgan fingerprint density at radius 2 is 2.00 bits per heavy atom. The van der Waals surface area contributed by atoms with Crippen molar-refractivity contribution in [2.75, 3.05) is 5.73 Å². The fourth-order valence-corrected chi connectivity index (χ4v) is 1.33. The van der Waals surface area contributed by atoms with Crippen molar-refractivity contribution in [1.82, 2.24) is 5.32 Å². The van der Waals surface area contributed by atoms with Crippen LogP contribution in [0.15, 0.2) is 30.3 Å². The zero-order valence-electron chi connectivity index (χ0n) is 7.28. The molecule has 0 spiro atoms. The van der Waals surface area contributed by atoms with Crippen LogP contribution in [0.2, 0.25) is 0 Å². The molecule has 1 aliphatic rings. The van der Waals surface area contributed by atoms with E-state index in [4.69, 9.17) is 5.73 Å². The molecular formula is C10H8N2O2. The van der Waals surface area contributed by atoms with Gasteiger partial charge in [-0.1, -0.05) is 12.1 Å². The number of amides is 2. The Bertz CT molecular complexity index is 449. The molecule has 3 N–H and O–H groups in total. The normalized spacial score (nSPS) is 15.3. The molecule has 0 fully saturated rings. The van der Waals surface area contributed by atoms with E-state index in [1.165, 1.54) is 6.08 Å². The molecule has 1 aromatic carbocycles. The Morgan fingerprint density at radius 1 is 1.21 bits per heavy atom. The van der Waals surface area contributed by atoms with E-state index in [0.717, 1.165) is 0 Å². The highest BCUT2D eigenvalue weighted by Crippen LogP contribution is 2.19. The summed E-state index contributed by atoms with van der Waals surface area (Å²) in [6.45, 7) is 0. The van der Waals surface area contributed by atoms with Crippen molar-refractivity contribution < 1.29 is 9.59 Å². The minimum Gasteiger partial charge on any atom is -0.399 e. The summed E-state index contributed by atoms with van der Waals surface area (Å²) in [6.07, 6.45) is 1.27. The lowest BCUT2D eigenvalue weighted by molar-refractivity contribution is -0.123. The summed E-state index contributed by atoms with van der Waals surface area (Å²) in [5, 5.41) is 2.17. The average molecular weight is 188 g/mol. The molecule has 4 heteroatoms. The van der Waals surface area contributed by atoms with Gasteiger partial charge in [-0.2, -0.15) is 0 Å². The van der Waals surface area contributed by atoms with Gasteiger partial charge in [-0.05, 0) is 17.7 Å². The maximum absolute atomic E-state index is 11.3. The topological polar surface area (TPSA) is 72.2 Å². The first kappa shape index (κ1) is 8.50. The van der Waals surface area contributed by atoms with Gasteiger partial charge in [0.15, 0.2) is 0 Å². The molecule has 0 aromatic heterocycles. The largest absolute Gasteiger partial charge is 0.399 e. The molecule has 4 nitrogen and oxygen atoms in total. The van der Waals surface area contributed by atoms with Crippen molar-refractivity contribution in [3.63, 3.8) is 0 Å². The summed E-state index contributed by atoms with van der Waals surface area (Å²) in [5.74, 6) is -0.756. The maximum Gasteiger partial charge on any atom is 0.258 e. The minimum atomic E-state index is -0.382. The highest BCUT2D eigenvalue weighted by atomic mass is 16.2. The van der Waals surface area contributed by atoms with E-state index in [2.05, 4.69) is 5.32 Å². The number of rotatable bonds is 1. The van der Waals surface area contributed by atoms with Gasteiger partial charge in [-0.25, -0.2) is 0 Å². The predicted molar refractivity (Wildman–Crippen MR) is 52.0 cm³/mol.